The SMILES string of the molecule is Cc1ccc(NC(=O)c2cc3c(n(-c4ccc(C(F)(F)F)cc4)c2=O)CCCC3=O)cc1Cl. The molecule has 0 unspecified atom stereocenters. The van der Waals surface area contributed by atoms with Gasteiger partial charge in [-0.2, -0.15) is 13.2 Å². The Bertz CT molecular complexity index is 1330. The number of halogens is 4. The first kappa shape index (κ1) is 22.8. The summed E-state index contributed by atoms with van der Waals surface area (Å²) in [4.78, 5) is 38.9. The highest BCUT2D eigenvalue weighted by molar-refractivity contribution is 6.31. The van der Waals surface area contributed by atoms with Gasteiger partial charge < -0.3 is 5.32 Å². The van der Waals surface area contributed by atoms with E-state index in [1.54, 1.807) is 19.1 Å². The van der Waals surface area contributed by atoms with Gasteiger partial charge in [0.05, 0.1) is 5.56 Å². The van der Waals surface area contributed by atoms with E-state index >= 15 is 0 Å². The van der Waals surface area contributed by atoms with Crippen LogP contribution in [-0.4, -0.2) is 16.3 Å². The van der Waals surface area contributed by atoms with Gasteiger partial charge in [0.1, 0.15) is 5.56 Å². The lowest BCUT2D eigenvalue weighted by Crippen LogP contribution is -2.33. The lowest BCUT2D eigenvalue weighted by atomic mass is 9.92. The monoisotopic (exact) mass is 474 g/mol. The topological polar surface area (TPSA) is 68.2 Å². The number of aryl methyl sites for hydroxylation is 1. The molecular weight excluding hydrogens is 457 g/mol. The molecule has 1 aliphatic rings. The second-order valence-electron chi connectivity index (χ2n) is 7.80. The zero-order valence-corrected chi connectivity index (χ0v) is 18.2. The summed E-state index contributed by atoms with van der Waals surface area (Å²) in [6, 6.07) is 10.2. The van der Waals surface area contributed by atoms with Gasteiger partial charge in [-0.25, -0.2) is 0 Å². The molecule has 4 rings (SSSR count). The van der Waals surface area contributed by atoms with Crippen LogP contribution in [0.2, 0.25) is 5.02 Å². The number of Topliss-reactive ketones (excluding diaryl/α,β-unsaturated/α-hetero) is 1. The zero-order chi connectivity index (χ0) is 23.9. The quantitative estimate of drug-likeness (QED) is 0.538. The van der Waals surface area contributed by atoms with Gasteiger partial charge in [0.2, 0.25) is 0 Å². The Morgan fingerprint density at radius 3 is 2.36 bits per heavy atom. The molecule has 1 heterocycles. The van der Waals surface area contributed by atoms with Gasteiger partial charge >= 0.3 is 6.18 Å². The molecule has 0 saturated heterocycles. The predicted octanol–water partition coefficient (Wildman–Crippen LogP) is 5.59. The lowest BCUT2D eigenvalue weighted by molar-refractivity contribution is -0.137. The number of nitrogens with zero attached hydrogens (tertiary/aromatic N) is 1. The molecule has 5 nitrogen and oxygen atoms in total. The maximum absolute atomic E-state index is 13.3. The third-order valence-corrected chi connectivity index (χ3v) is 5.96. The Morgan fingerprint density at radius 1 is 1.03 bits per heavy atom. The molecule has 1 amide bonds. The summed E-state index contributed by atoms with van der Waals surface area (Å²) in [6.45, 7) is 1.80. The second-order valence-corrected chi connectivity index (χ2v) is 8.21. The highest BCUT2D eigenvalue weighted by Crippen LogP contribution is 2.30. The first-order valence-corrected chi connectivity index (χ1v) is 10.5. The standard InChI is InChI=1S/C24H18ClF3N2O3/c1-13-5-8-15(11-19(13)25)29-22(32)18-12-17-20(3-2-4-21(17)31)30(23(18)33)16-9-6-14(7-10-16)24(26,27)28/h5-12H,2-4H2,1H3,(H,29,32). The molecule has 1 aliphatic carbocycles. The Kier molecular flexibility index (Phi) is 5.88. The molecule has 0 bridgehead atoms. The minimum absolute atomic E-state index is 0.145. The summed E-state index contributed by atoms with van der Waals surface area (Å²) >= 11 is 6.10. The number of alkyl halides is 3. The van der Waals surface area contributed by atoms with E-state index in [1.165, 1.54) is 12.1 Å². The van der Waals surface area contributed by atoms with Crippen LogP contribution in [0.3, 0.4) is 0 Å². The number of carbonyl (C=O) groups is 2. The molecular formula is C24H18ClF3N2O3. The maximum Gasteiger partial charge on any atom is 0.416 e. The molecule has 0 saturated carbocycles. The molecule has 0 aliphatic heterocycles. The minimum atomic E-state index is -4.53. The Morgan fingerprint density at radius 2 is 1.73 bits per heavy atom. The third kappa shape index (κ3) is 4.43. The number of benzene rings is 2. The normalized spacial score (nSPS) is 13.5. The van der Waals surface area contributed by atoms with Crippen LogP contribution in [0.25, 0.3) is 5.69 Å². The van der Waals surface area contributed by atoms with E-state index in [2.05, 4.69) is 5.32 Å². The van der Waals surface area contributed by atoms with Crippen LogP contribution < -0.4 is 10.9 Å². The molecule has 3 aromatic rings. The van der Waals surface area contributed by atoms with Crippen molar-refractivity contribution in [2.45, 2.75) is 32.4 Å². The summed E-state index contributed by atoms with van der Waals surface area (Å²) in [7, 11) is 0. The van der Waals surface area contributed by atoms with E-state index in [9.17, 15) is 27.6 Å². The molecule has 2 aromatic carbocycles. The zero-order valence-electron chi connectivity index (χ0n) is 17.4. The lowest BCUT2D eigenvalue weighted by Gasteiger charge is -2.22. The highest BCUT2D eigenvalue weighted by atomic mass is 35.5. The molecule has 0 atom stereocenters. The molecule has 1 aromatic heterocycles. The summed E-state index contributed by atoms with van der Waals surface area (Å²) in [5.41, 5.74) is 0.0264. The number of ketones is 1. The fourth-order valence-corrected chi connectivity index (χ4v) is 3.98. The van der Waals surface area contributed by atoms with Gasteiger partial charge in [0, 0.05) is 34.1 Å². The van der Waals surface area contributed by atoms with Crippen molar-refractivity contribution in [1.82, 2.24) is 4.57 Å². The number of amides is 1. The van der Waals surface area contributed by atoms with Gasteiger partial charge in [-0.05, 0) is 67.8 Å². The number of hydrogen-bond donors (Lipinski definition) is 1. The van der Waals surface area contributed by atoms with Gasteiger partial charge in [-0.3, -0.25) is 19.0 Å². The second kappa shape index (κ2) is 8.51. The third-order valence-electron chi connectivity index (χ3n) is 5.55. The van der Waals surface area contributed by atoms with Gasteiger partial charge in [-0.15, -0.1) is 0 Å². The van der Waals surface area contributed by atoms with Crippen LogP contribution in [0, 0.1) is 6.92 Å². The van der Waals surface area contributed by atoms with Crippen molar-refractivity contribution in [3.8, 4) is 5.69 Å². The van der Waals surface area contributed by atoms with Crippen molar-refractivity contribution in [2.24, 2.45) is 0 Å². The smallest absolute Gasteiger partial charge is 0.322 e. The van der Waals surface area contributed by atoms with E-state index in [0.29, 0.717) is 29.2 Å². The molecule has 170 valence electrons. The summed E-state index contributed by atoms with van der Waals surface area (Å²) in [5, 5.41) is 3.03. The van der Waals surface area contributed by atoms with Crippen molar-refractivity contribution in [2.75, 3.05) is 5.32 Å². The van der Waals surface area contributed by atoms with Gasteiger partial charge in [-0.1, -0.05) is 17.7 Å². The van der Waals surface area contributed by atoms with E-state index < -0.39 is 23.2 Å². The number of rotatable bonds is 3. The summed E-state index contributed by atoms with van der Waals surface area (Å²) in [6.07, 6.45) is -3.39. The largest absolute Gasteiger partial charge is 0.416 e. The first-order valence-electron chi connectivity index (χ1n) is 10.1. The summed E-state index contributed by atoms with van der Waals surface area (Å²) < 4.78 is 40.1. The predicted molar refractivity (Wildman–Crippen MR) is 118 cm³/mol. The van der Waals surface area contributed by atoms with Crippen LogP contribution in [0.4, 0.5) is 18.9 Å². The fraction of sp³-hybridized carbons (Fsp3) is 0.208. The first-order chi connectivity index (χ1) is 15.6. The number of fused-ring (bicyclic) bond motifs is 1. The Hall–Kier alpha value is -3.39. The number of carbonyl (C=O) groups excluding carboxylic acids is 2. The summed E-state index contributed by atoms with van der Waals surface area (Å²) in [5.74, 6) is -0.980. The van der Waals surface area contributed by atoms with Crippen LogP contribution in [0.15, 0.2) is 53.3 Å². The van der Waals surface area contributed by atoms with Gasteiger partial charge in [0.15, 0.2) is 5.78 Å². The van der Waals surface area contributed by atoms with Crippen LogP contribution in [-0.2, 0) is 12.6 Å². The van der Waals surface area contributed by atoms with Crippen molar-refractivity contribution in [3.05, 3.63) is 91.9 Å². The van der Waals surface area contributed by atoms with Crippen LogP contribution in [0.5, 0.6) is 0 Å². The number of aromatic nitrogens is 1. The average molecular weight is 475 g/mol. The van der Waals surface area contributed by atoms with Crippen molar-refractivity contribution in [3.63, 3.8) is 0 Å². The molecule has 0 radical (unpaired) electrons. The van der Waals surface area contributed by atoms with Gasteiger partial charge in [0.25, 0.3) is 11.5 Å². The van der Waals surface area contributed by atoms with Crippen LogP contribution in [0.1, 0.15) is 50.4 Å². The van der Waals surface area contributed by atoms with E-state index in [-0.39, 0.29) is 29.0 Å². The molecule has 9 heteroatoms. The highest BCUT2D eigenvalue weighted by Gasteiger charge is 2.31. The van der Waals surface area contributed by atoms with E-state index in [1.807, 2.05) is 0 Å². The number of pyridine rings is 1. The fourth-order valence-electron chi connectivity index (χ4n) is 3.80. The van der Waals surface area contributed by atoms with Crippen molar-refractivity contribution in [1.29, 1.82) is 0 Å². The Labute approximate surface area is 191 Å². The maximum atomic E-state index is 13.3. The molecule has 0 fully saturated rings. The molecule has 0 spiro atoms. The van der Waals surface area contributed by atoms with Crippen molar-refractivity contribution >= 4 is 29.0 Å². The minimum Gasteiger partial charge on any atom is -0.322 e. The molecule has 33 heavy (non-hydrogen) atoms. The van der Waals surface area contributed by atoms with E-state index in [0.717, 1.165) is 34.4 Å². The number of anilines is 1. The van der Waals surface area contributed by atoms with Crippen LogP contribution >= 0.6 is 11.6 Å². The van der Waals surface area contributed by atoms with E-state index in [4.69, 9.17) is 11.6 Å². The number of hydrogen-bond acceptors (Lipinski definition) is 3. The number of nitrogens with one attached hydrogen (secondary N) is 1. The average Bonchev–Trinajstić information content (AvgIpc) is 2.75. The van der Waals surface area contributed by atoms with Crippen molar-refractivity contribution < 1.29 is 22.8 Å². The molecule has 1 N–H and O–H groups in total. The Balaban J connectivity index is 1.83.